The van der Waals surface area contributed by atoms with Gasteiger partial charge >= 0.3 is 5.97 Å². The highest BCUT2D eigenvalue weighted by atomic mass is 32.1. The number of thiophene rings is 1. The lowest BCUT2D eigenvalue weighted by molar-refractivity contribution is 0.0607. The summed E-state index contributed by atoms with van der Waals surface area (Å²) in [6, 6.07) is 0.428. The second-order valence-corrected chi connectivity index (χ2v) is 6.66. The highest BCUT2D eigenvalue weighted by molar-refractivity contribution is 7.19. The number of ether oxygens (including phenoxy) is 2. The first-order valence-corrected chi connectivity index (χ1v) is 8.28. The first-order chi connectivity index (χ1) is 10.0. The Morgan fingerprint density at radius 3 is 2.57 bits per heavy atom. The molecule has 0 radical (unpaired) electrons. The Morgan fingerprint density at radius 2 is 2.00 bits per heavy atom. The fraction of sp³-hybridized carbons (Fsp3) is 0.667. The maximum Gasteiger partial charge on any atom is 0.350 e. The van der Waals surface area contributed by atoms with Crippen molar-refractivity contribution in [2.45, 2.75) is 58.1 Å². The molecule has 6 heteroatoms. The second-order valence-electron chi connectivity index (χ2n) is 5.64. The van der Waals surface area contributed by atoms with Gasteiger partial charge in [0.25, 0.3) is 0 Å². The predicted molar refractivity (Wildman–Crippen MR) is 86.3 cm³/mol. The first-order valence-electron chi connectivity index (χ1n) is 7.46. The summed E-state index contributed by atoms with van der Waals surface area (Å²) >= 11 is 1.32. The molecule has 1 aliphatic carbocycles. The average Bonchev–Trinajstić information content (AvgIpc) is 2.76. The minimum atomic E-state index is -0.414. The van der Waals surface area contributed by atoms with Gasteiger partial charge in [-0.3, -0.25) is 0 Å². The monoisotopic (exact) mass is 312 g/mol. The van der Waals surface area contributed by atoms with E-state index in [1.807, 2.05) is 13.8 Å². The first kappa shape index (κ1) is 15.9. The van der Waals surface area contributed by atoms with Crippen LogP contribution in [-0.4, -0.2) is 25.2 Å². The maximum absolute atomic E-state index is 11.8. The Labute approximate surface area is 129 Å². The molecule has 3 N–H and O–H groups in total. The second kappa shape index (κ2) is 7.02. The fourth-order valence-corrected chi connectivity index (χ4v) is 3.60. The van der Waals surface area contributed by atoms with E-state index in [2.05, 4.69) is 5.32 Å². The molecule has 118 valence electrons. The van der Waals surface area contributed by atoms with Gasteiger partial charge in [0.1, 0.15) is 15.6 Å². The average molecular weight is 312 g/mol. The number of hydrogen-bond acceptors (Lipinski definition) is 6. The Balaban J connectivity index is 2.26. The molecule has 1 aromatic heterocycles. The van der Waals surface area contributed by atoms with Gasteiger partial charge in [-0.15, -0.1) is 11.3 Å². The summed E-state index contributed by atoms with van der Waals surface area (Å²) in [5, 5.41) is 4.34. The van der Waals surface area contributed by atoms with Gasteiger partial charge in [0.2, 0.25) is 0 Å². The molecule has 0 atom stereocenters. The van der Waals surface area contributed by atoms with E-state index in [1.165, 1.54) is 37.7 Å². The largest absolute Gasteiger partial charge is 0.486 e. The molecule has 0 unspecified atom stereocenters. The van der Waals surface area contributed by atoms with E-state index >= 15 is 0 Å². The number of carbonyl (C=O) groups excluding carboxylic acids is 1. The molecule has 0 aromatic carbocycles. The molecule has 1 saturated carbocycles. The van der Waals surface area contributed by atoms with Crippen LogP contribution in [-0.2, 0) is 4.74 Å². The normalized spacial score (nSPS) is 16.0. The highest BCUT2D eigenvalue weighted by Gasteiger charge is 2.25. The Hall–Kier alpha value is -1.43. The van der Waals surface area contributed by atoms with Crippen molar-refractivity contribution in [1.82, 2.24) is 0 Å². The van der Waals surface area contributed by atoms with Gasteiger partial charge < -0.3 is 20.5 Å². The van der Waals surface area contributed by atoms with Crippen molar-refractivity contribution in [3.05, 3.63) is 4.88 Å². The van der Waals surface area contributed by atoms with Crippen LogP contribution in [0.25, 0.3) is 0 Å². The summed E-state index contributed by atoms with van der Waals surface area (Å²) in [4.78, 5) is 12.2. The van der Waals surface area contributed by atoms with Crippen LogP contribution in [0.5, 0.6) is 5.75 Å². The molecule has 0 aliphatic heterocycles. The zero-order chi connectivity index (χ0) is 15.4. The molecule has 1 aliphatic rings. The van der Waals surface area contributed by atoms with Crippen LogP contribution in [0.3, 0.4) is 0 Å². The molecule has 1 heterocycles. The lowest BCUT2D eigenvalue weighted by Gasteiger charge is -2.24. The predicted octanol–water partition coefficient (Wildman–Crippen LogP) is 3.65. The van der Waals surface area contributed by atoms with Crippen molar-refractivity contribution in [3.8, 4) is 5.75 Å². The fourth-order valence-electron chi connectivity index (χ4n) is 2.55. The number of esters is 1. The van der Waals surface area contributed by atoms with Crippen LogP contribution < -0.4 is 15.8 Å². The topological polar surface area (TPSA) is 73.6 Å². The minimum absolute atomic E-state index is 0.000646. The lowest BCUT2D eigenvalue weighted by atomic mass is 9.96. The van der Waals surface area contributed by atoms with Crippen molar-refractivity contribution in [3.63, 3.8) is 0 Å². The maximum atomic E-state index is 11.8. The van der Waals surface area contributed by atoms with Crippen molar-refractivity contribution in [1.29, 1.82) is 0 Å². The number of rotatable bonds is 5. The quantitative estimate of drug-likeness (QED) is 0.812. The molecule has 0 amide bonds. The SMILES string of the molecule is COC(=O)c1sc(NC2CCCCC2)c(OC(C)C)c1N. The van der Waals surface area contributed by atoms with Crippen LogP contribution in [0.1, 0.15) is 55.6 Å². The third-order valence-corrected chi connectivity index (χ3v) is 4.66. The van der Waals surface area contributed by atoms with Gasteiger partial charge in [0.15, 0.2) is 5.75 Å². The van der Waals surface area contributed by atoms with Crippen molar-refractivity contribution in [2.24, 2.45) is 0 Å². The van der Waals surface area contributed by atoms with Crippen LogP contribution in [0, 0.1) is 0 Å². The number of anilines is 2. The smallest absolute Gasteiger partial charge is 0.350 e. The van der Waals surface area contributed by atoms with Crippen LogP contribution in [0.15, 0.2) is 0 Å². The number of carbonyl (C=O) groups is 1. The Morgan fingerprint density at radius 1 is 1.33 bits per heavy atom. The third-order valence-electron chi connectivity index (χ3n) is 3.56. The van der Waals surface area contributed by atoms with E-state index in [1.54, 1.807) is 0 Å². The molecular weight excluding hydrogens is 288 g/mol. The van der Waals surface area contributed by atoms with Crippen molar-refractivity contribution >= 4 is 28.0 Å². The van der Waals surface area contributed by atoms with E-state index in [-0.39, 0.29) is 6.10 Å². The van der Waals surface area contributed by atoms with E-state index in [0.29, 0.717) is 22.4 Å². The minimum Gasteiger partial charge on any atom is -0.486 e. The molecule has 5 nitrogen and oxygen atoms in total. The molecule has 21 heavy (non-hydrogen) atoms. The van der Waals surface area contributed by atoms with Crippen molar-refractivity contribution < 1.29 is 14.3 Å². The summed E-state index contributed by atoms with van der Waals surface area (Å²) in [5.41, 5.74) is 6.45. The third kappa shape index (κ3) is 3.81. The van der Waals surface area contributed by atoms with Gasteiger partial charge in [-0.05, 0) is 26.7 Å². The zero-order valence-corrected chi connectivity index (χ0v) is 13.7. The molecule has 0 bridgehead atoms. The number of methoxy groups -OCH3 is 1. The number of nitrogens with two attached hydrogens (primary N) is 1. The summed E-state index contributed by atoms with van der Waals surface area (Å²) in [7, 11) is 1.36. The Bertz CT molecular complexity index is 493. The molecule has 1 aromatic rings. The lowest BCUT2D eigenvalue weighted by Crippen LogP contribution is -2.22. The van der Waals surface area contributed by atoms with E-state index < -0.39 is 5.97 Å². The van der Waals surface area contributed by atoms with Gasteiger partial charge in [-0.25, -0.2) is 4.79 Å². The summed E-state index contributed by atoms with van der Waals surface area (Å²) in [5.74, 6) is 0.170. The van der Waals surface area contributed by atoms with E-state index in [9.17, 15) is 4.79 Å². The number of hydrogen-bond donors (Lipinski definition) is 2. The van der Waals surface area contributed by atoms with E-state index in [0.717, 1.165) is 17.8 Å². The van der Waals surface area contributed by atoms with Crippen LogP contribution in [0.4, 0.5) is 10.7 Å². The Kier molecular flexibility index (Phi) is 5.33. The molecule has 0 spiro atoms. The van der Waals surface area contributed by atoms with E-state index in [4.69, 9.17) is 15.2 Å². The highest BCUT2D eigenvalue weighted by Crippen LogP contribution is 2.44. The summed E-state index contributed by atoms with van der Waals surface area (Å²) < 4.78 is 10.6. The number of nitrogens with one attached hydrogen (secondary N) is 1. The number of nitrogen functional groups attached to an aromatic ring is 1. The summed E-state index contributed by atoms with van der Waals surface area (Å²) in [6.45, 7) is 3.89. The molecule has 1 fully saturated rings. The van der Waals surface area contributed by atoms with Gasteiger partial charge in [0, 0.05) is 6.04 Å². The zero-order valence-electron chi connectivity index (χ0n) is 12.9. The summed E-state index contributed by atoms with van der Waals surface area (Å²) in [6.07, 6.45) is 6.07. The van der Waals surface area contributed by atoms with Crippen LogP contribution >= 0.6 is 11.3 Å². The molecular formula is C15H24N2O3S. The molecule has 0 saturated heterocycles. The van der Waals surface area contributed by atoms with Crippen molar-refractivity contribution in [2.75, 3.05) is 18.2 Å². The van der Waals surface area contributed by atoms with Crippen LogP contribution in [0.2, 0.25) is 0 Å². The standard InChI is InChI=1S/C15H24N2O3S/c1-9(2)20-12-11(16)13(15(18)19-3)21-14(12)17-10-7-5-4-6-8-10/h9-10,17H,4-8,16H2,1-3H3. The molecule has 2 rings (SSSR count). The van der Waals surface area contributed by atoms with Gasteiger partial charge in [-0.1, -0.05) is 19.3 Å². The van der Waals surface area contributed by atoms with Gasteiger partial charge in [0.05, 0.1) is 13.2 Å². The van der Waals surface area contributed by atoms with Gasteiger partial charge in [-0.2, -0.15) is 0 Å².